The van der Waals surface area contributed by atoms with Gasteiger partial charge in [0, 0.05) is 37.8 Å². The number of halogens is 1. The minimum atomic E-state index is -0.337. The van der Waals surface area contributed by atoms with Crippen molar-refractivity contribution in [3.8, 4) is 11.4 Å². The molecule has 0 fully saturated rings. The molecule has 0 unspecified atom stereocenters. The van der Waals surface area contributed by atoms with Crippen LogP contribution in [0.5, 0.6) is 5.75 Å². The summed E-state index contributed by atoms with van der Waals surface area (Å²) >= 11 is 2.34. The number of hydrazone groups is 1. The van der Waals surface area contributed by atoms with Gasteiger partial charge in [-0.05, 0) is 85.3 Å². The minimum Gasteiger partial charge on any atom is -0.481 e. The smallest absolute Gasteiger partial charge is 0.277 e. The summed E-state index contributed by atoms with van der Waals surface area (Å²) in [5.74, 6) is 0.231. The molecule has 0 radical (unpaired) electrons. The van der Waals surface area contributed by atoms with Crippen LogP contribution in [-0.2, 0) is 4.79 Å². The predicted molar refractivity (Wildman–Crippen MR) is 136 cm³/mol. The summed E-state index contributed by atoms with van der Waals surface area (Å²) in [6.45, 7) is 6.06. The SMILES string of the molecule is Cc1cc(-n2c(C)cc(/C=N\NC(=O)COc3cccc4cccnc34)c2C)ccc1I. The van der Waals surface area contributed by atoms with Gasteiger partial charge >= 0.3 is 0 Å². The fourth-order valence-corrected chi connectivity index (χ4v) is 3.96. The molecule has 6 nitrogen and oxygen atoms in total. The molecule has 1 N–H and O–H groups in total. The molecular weight excluding hydrogens is 515 g/mol. The Morgan fingerprint density at radius 1 is 1.16 bits per heavy atom. The maximum Gasteiger partial charge on any atom is 0.277 e. The topological polar surface area (TPSA) is 68.5 Å². The summed E-state index contributed by atoms with van der Waals surface area (Å²) in [7, 11) is 0. The molecule has 0 atom stereocenters. The van der Waals surface area contributed by atoms with Crippen molar-refractivity contribution in [1.82, 2.24) is 15.0 Å². The zero-order valence-corrected chi connectivity index (χ0v) is 20.3. The highest BCUT2D eigenvalue weighted by atomic mass is 127. The molecule has 2 aromatic heterocycles. The van der Waals surface area contributed by atoms with Gasteiger partial charge < -0.3 is 9.30 Å². The normalized spacial score (nSPS) is 11.2. The first-order chi connectivity index (χ1) is 15.4. The number of nitrogens with zero attached hydrogens (tertiary/aromatic N) is 3. The number of benzene rings is 2. The third-order valence-corrected chi connectivity index (χ3v) is 6.43. The van der Waals surface area contributed by atoms with Crippen LogP contribution in [0.4, 0.5) is 0 Å². The van der Waals surface area contributed by atoms with E-state index in [1.54, 1.807) is 18.5 Å². The average Bonchev–Trinajstić information content (AvgIpc) is 3.07. The number of para-hydroxylation sites is 1. The first kappa shape index (κ1) is 22.0. The van der Waals surface area contributed by atoms with E-state index in [-0.39, 0.29) is 12.5 Å². The molecule has 0 saturated carbocycles. The molecule has 0 bridgehead atoms. The Morgan fingerprint density at radius 3 is 2.78 bits per heavy atom. The summed E-state index contributed by atoms with van der Waals surface area (Å²) in [6, 6.07) is 17.9. The molecule has 0 aliphatic rings. The van der Waals surface area contributed by atoms with Gasteiger partial charge in [-0.3, -0.25) is 9.78 Å². The van der Waals surface area contributed by atoms with E-state index in [2.05, 4.69) is 80.8 Å². The summed E-state index contributed by atoms with van der Waals surface area (Å²) in [4.78, 5) is 16.5. The molecule has 4 aromatic rings. The number of aromatic nitrogens is 2. The molecule has 1 amide bonds. The van der Waals surface area contributed by atoms with Gasteiger partial charge in [0.1, 0.15) is 11.3 Å². The largest absolute Gasteiger partial charge is 0.481 e. The van der Waals surface area contributed by atoms with Gasteiger partial charge in [0.25, 0.3) is 5.91 Å². The van der Waals surface area contributed by atoms with Gasteiger partial charge in [0.05, 0.1) is 6.21 Å². The Morgan fingerprint density at radius 2 is 1.97 bits per heavy atom. The van der Waals surface area contributed by atoms with E-state index in [1.165, 1.54) is 9.13 Å². The van der Waals surface area contributed by atoms with Crippen LogP contribution in [0, 0.1) is 24.3 Å². The Hall–Kier alpha value is -3.20. The maximum atomic E-state index is 12.2. The second-order valence-corrected chi connectivity index (χ2v) is 8.67. The molecule has 0 aliphatic carbocycles. The van der Waals surface area contributed by atoms with Crippen molar-refractivity contribution in [2.45, 2.75) is 20.8 Å². The van der Waals surface area contributed by atoms with Crippen molar-refractivity contribution in [1.29, 1.82) is 0 Å². The highest BCUT2D eigenvalue weighted by molar-refractivity contribution is 14.1. The van der Waals surface area contributed by atoms with Crippen LogP contribution in [0.3, 0.4) is 0 Å². The summed E-state index contributed by atoms with van der Waals surface area (Å²) in [6.07, 6.45) is 3.36. The van der Waals surface area contributed by atoms with Crippen LogP contribution in [0.1, 0.15) is 22.5 Å². The number of hydrogen-bond acceptors (Lipinski definition) is 4. The molecule has 7 heteroatoms. The van der Waals surface area contributed by atoms with Crippen LogP contribution in [0.2, 0.25) is 0 Å². The van der Waals surface area contributed by atoms with E-state index in [1.807, 2.05) is 31.2 Å². The lowest BCUT2D eigenvalue weighted by atomic mass is 10.2. The summed E-state index contributed by atoms with van der Waals surface area (Å²) in [5.41, 5.74) is 8.71. The fourth-order valence-electron chi connectivity index (χ4n) is 3.63. The van der Waals surface area contributed by atoms with Crippen LogP contribution < -0.4 is 10.2 Å². The second kappa shape index (κ2) is 9.52. The van der Waals surface area contributed by atoms with Gasteiger partial charge in [-0.15, -0.1) is 0 Å². The Labute approximate surface area is 200 Å². The highest BCUT2D eigenvalue weighted by Crippen LogP contribution is 2.23. The number of pyridine rings is 1. The molecule has 0 aliphatic heterocycles. The van der Waals surface area contributed by atoms with E-state index in [0.717, 1.165) is 33.5 Å². The fraction of sp³-hybridized carbons (Fsp3) is 0.160. The Balaban J connectivity index is 1.41. The number of carbonyl (C=O) groups is 1. The third kappa shape index (κ3) is 4.67. The predicted octanol–water partition coefficient (Wildman–Crippen LogP) is 5.08. The van der Waals surface area contributed by atoms with Gasteiger partial charge in [0.15, 0.2) is 6.61 Å². The first-order valence-electron chi connectivity index (χ1n) is 10.2. The highest BCUT2D eigenvalue weighted by Gasteiger charge is 2.11. The number of amides is 1. The number of rotatable bonds is 6. The third-order valence-electron chi connectivity index (χ3n) is 5.22. The molecule has 162 valence electrons. The average molecular weight is 538 g/mol. The number of hydrogen-bond donors (Lipinski definition) is 1. The van der Waals surface area contributed by atoms with Crippen LogP contribution in [-0.4, -0.2) is 28.3 Å². The van der Waals surface area contributed by atoms with E-state index in [9.17, 15) is 4.79 Å². The van der Waals surface area contributed by atoms with E-state index < -0.39 is 0 Å². The van der Waals surface area contributed by atoms with Crippen molar-refractivity contribution < 1.29 is 9.53 Å². The zero-order chi connectivity index (χ0) is 22.7. The monoisotopic (exact) mass is 538 g/mol. The van der Waals surface area contributed by atoms with Crippen LogP contribution in [0.25, 0.3) is 16.6 Å². The lowest BCUT2D eigenvalue weighted by Crippen LogP contribution is -2.24. The maximum absolute atomic E-state index is 12.2. The summed E-state index contributed by atoms with van der Waals surface area (Å²) < 4.78 is 9.08. The molecule has 0 saturated heterocycles. The molecule has 2 aromatic carbocycles. The molecular formula is C25H23IN4O2. The zero-order valence-electron chi connectivity index (χ0n) is 18.1. The lowest BCUT2D eigenvalue weighted by Gasteiger charge is -2.11. The Kier molecular flexibility index (Phi) is 6.55. The van der Waals surface area contributed by atoms with E-state index in [4.69, 9.17) is 4.74 Å². The van der Waals surface area contributed by atoms with Crippen molar-refractivity contribution in [2.24, 2.45) is 5.10 Å². The first-order valence-corrected chi connectivity index (χ1v) is 11.3. The van der Waals surface area contributed by atoms with Crippen molar-refractivity contribution in [3.05, 3.63) is 86.9 Å². The summed E-state index contributed by atoms with van der Waals surface area (Å²) in [5, 5.41) is 5.08. The van der Waals surface area contributed by atoms with Gasteiger partial charge in [-0.1, -0.05) is 18.2 Å². The van der Waals surface area contributed by atoms with Crippen molar-refractivity contribution in [3.63, 3.8) is 0 Å². The molecule has 2 heterocycles. The van der Waals surface area contributed by atoms with E-state index in [0.29, 0.717) is 5.75 Å². The minimum absolute atomic E-state index is 0.145. The van der Waals surface area contributed by atoms with Crippen molar-refractivity contribution in [2.75, 3.05) is 6.61 Å². The van der Waals surface area contributed by atoms with E-state index >= 15 is 0 Å². The molecule has 4 rings (SSSR count). The van der Waals surface area contributed by atoms with Gasteiger partial charge in [-0.25, -0.2) is 5.43 Å². The second-order valence-electron chi connectivity index (χ2n) is 7.51. The van der Waals surface area contributed by atoms with Crippen LogP contribution >= 0.6 is 22.6 Å². The van der Waals surface area contributed by atoms with Gasteiger partial charge in [0.2, 0.25) is 0 Å². The van der Waals surface area contributed by atoms with Crippen molar-refractivity contribution >= 4 is 45.6 Å². The number of carbonyl (C=O) groups excluding carboxylic acids is 1. The van der Waals surface area contributed by atoms with Crippen LogP contribution in [0.15, 0.2) is 65.9 Å². The lowest BCUT2D eigenvalue weighted by molar-refractivity contribution is -0.123. The number of fused-ring (bicyclic) bond motifs is 1. The van der Waals surface area contributed by atoms with Gasteiger partial charge in [-0.2, -0.15) is 5.10 Å². The molecule has 0 spiro atoms. The standard InChI is InChI=1S/C25H23IN4O2/c1-16-12-21(9-10-22(16)26)30-17(2)13-20(18(30)3)14-28-29-24(31)15-32-23-8-4-6-19-7-5-11-27-25(19)23/h4-14H,15H2,1-3H3,(H,29,31)/b28-14-. The Bertz CT molecular complexity index is 1320. The number of aryl methyl sites for hydroxylation is 2. The number of ether oxygens (including phenoxy) is 1. The quantitative estimate of drug-likeness (QED) is 0.212. The molecule has 32 heavy (non-hydrogen) atoms. The number of nitrogens with one attached hydrogen (secondary N) is 1.